The maximum atomic E-state index is 12.5. The number of ketones is 1. The summed E-state index contributed by atoms with van der Waals surface area (Å²) in [6.07, 6.45) is 0. The van der Waals surface area contributed by atoms with Gasteiger partial charge in [0.15, 0.2) is 0 Å². The zero-order chi connectivity index (χ0) is 18.1. The van der Waals surface area contributed by atoms with Crippen LogP contribution < -0.4 is 0 Å². The Balaban J connectivity index is 2.89. The van der Waals surface area contributed by atoms with E-state index >= 15 is 0 Å². The first kappa shape index (κ1) is 17.6. The SMILES string of the molecule is O=C(O)c1cc([N+](=O)[O-])c(C(=O)c2ccccc2)c(S(=O)(=O)Cl)c1. The molecule has 2 aromatic rings. The van der Waals surface area contributed by atoms with Crippen molar-refractivity contribution in [1.82, 2.24) is 0 Å². The van der Waals surface area contributed by atoms with Crippen LogP contribution in [-0.4, -0.2) is 30.2 Å². The Morgan fingerprint density at radius 3 is 2.12 bits per heavy atom. The lowest BCUT2D eigenvalue weighted by molar-refractivity contribution is -0.385. The third kappa shape index (κ3) is 3.42. The van der Waals surface area contributed by atoms with Crippen LogP contribution in [0.3, 0.4) is 0 Å². The largest absolute Gasteiger partial charge is 0.478 e. The van der Waals surface area contributed by atoms with E-state index in [1.165, 1.54) is 24.3 Å². The van der Waals surface area contributed by atoms with Crippen LogP contribution in [0.25, 0.3) is 0 Å². The monoisotopic (exact) mass is 369 g/mol. The lowest BCUT2D eigenvalue weighted by Gasteiger charge is -2.09. The molecule has 0 aliphatic carbocycles. The molecular weight excluding hydrogens is 362 g/mol. The third-order valence-electron chi connectivity index (χ3n) is 3.05. The highest BCUT2D eigenvalue weighted by molar-refractivity contribution is 8.13. The molecule has 0 atom stereocenters. The number of hydrogen-bond donors (Lipinski definition) is 1. The molecule has 0 aliphatic heterocycles. The van der Waals surface area contributed by atoms with Gasteiger partial charge in [0.1, 0.15) is 10.5 Å². The van der Waals surface area contributed by atoms with Gasteiger partial charge in [-0.05, 0) is 6.07 Å². The Bertz CT molecular complexity index is 955. The average molecular weight is 370 g/mol. The number of nitro benzene ring substituents is 1. The fourth-order valence-corrected chi connectivity index (χ4v) is 3.10. The highest BCUT2D eigenvalue weighted by atomic mass is 35.7. The molecule has 124 valence electrons. The Hall–Kier alpha value is -2.78. The normalized spacial score (nSPS) is 11.0. The van der Waals surface area contributed by atoms with E-state index in [-0.39, 0.29) is 5.56 Å². The first-order chi connectivity index (χ1) is 11.1. The number of halogens is 1. The van der Waals surface area contributed by atoms with Crippen LogP contribution in [-0.2, 0) is 9.05 Å². The Morgan fingerprint density at radius 2 is 1.67 bits per heavy atom. The predicted molar refractivity (Wildman–Crippen MR) is 83.0 cm³/mol. The first-order valence-corrected chi connectivity index (χ1v) is 8.54. The summed E-state index contributed by atoms with van der Waals surface area (Å²) in [6, 6.07) is 8.47. The van der Waals surface area contributed by atoms with Gasteiger partial charge in [-0.3, -0.25) is 14.9 Å². The van der Waals surface area contributed by atoms with E-state index in [1.807, 2.05) is 0 Å². The summed E-state index contributed by atoms with van der Waals surface area (Å²) < 4.78 is 23.5. The highest BCUT2D eigenvalue weighted by Crippen LogP contribution is 2.32. The van der Waals surface area contributed by atoms with E-state index in [2.05, 4.69) is 0 Å². The zero-order valence-electron chi connectivity index (χ0n) is 11.7. The summed E-state index contributed by atoms with van der Waals surface area (Å²) in [5.74, 6) is -2.56. The van der Waals surface area contributed by atoms with Gasteiger partial charge in [-0.2, -0.15) is 0 Å². The predicted octanol–water partition coefficient (Wildman–Crippen LogP) is 2.45. The standard InChI is InChI=1S/C14H8ClNO7S/c15-24(22,23)11-7-9(14(18)19)6-10(16(20)21)12(11)13(17)8-4-2-1-3-5-8/h1-7H,(H,18,19). The number of carbonyl (C=O) groups is 2. The molecule has 2 aromatic carbocycles. The van der Waals surface area contributed by atoms with Gasteiger partial charge in [0.25, 0.3) is 14.7 Å². The summed E-state index contributed by atoms with van der Waals surface area (Å²) in [4.78, 5) is 32.9. The minimum absolute atomic E-state index is 0.00904. The summed E-state index contributed by atoms with van der Waals surface area (Å²) in [6.45, 7) is 0. The van der Waals surface area contributed by atoms with Crippen molar-refractivity contribution in [3.8, 4) is 0 Å². The van der Waals surface area contributed by atoms with Gasteiger partial charge in [0.05, 0.1) is 10.5 Å². The van der Waals surface area contributed by atoms with Crippen molar-refractivity contribution in [3.63, 3.8) is 0 Å². The molecule has 8 nitrogen and oxygen atoms in total. The van der Waals surface area contributed by atoms with E-state index in [0.717, 1.165) is 0 Å². The number of carboxylic acid groups (broad SMARTS) is 1. The molecule has 1 N–H and O–H groups in total. The van der Waals surface area contributed by atoms with Crippen molar-refractivity contribution in [2.45, 2.75) is 4.90 Å². The quantitative estimate of drug-likeness (QED) is 0.370. The van der Waals surface area contributed by atoms with Crippen LogP contribution in [0.2, 0.25) is 0 Å². The van der Waals surface area contributed by atoms with Crippen LogP contribution in [0.4, 0.5) is 5.69 Å². The van der Waals surface area contributed by atoms with Gasteiger partial charge in [-0.25, -0.2) is 13.2 Å². The van der Waals surface area contributed by atoms with E-state index < -0.39 is 47.4 Å². The molecule has 0 unspecified atom stereocenters. The van der Waals surface area contributed by atoms with Crippen molar-refractivity contribution in [2.24, 2.45) is 0 Å². The molecule has 0 aliphatic rings. The minimum atomic E-state index is -4.61. The molecule has 0 saturated heterocycles. The second-order valence-corrected chi connectivity index (χ2v) is 7.10. The van der Waals surface area contributed by atoms with Crippen LogP contribution >= 0.6 is 10.7 Å². The summed E-state index contributed by atoms with van der Waals surface area (Å²) in [7, 11) is 0.638. The first-order valence-electron chi connectivity index (χ1n) is 6.23. The average Bonchev–Trinajstić information content (AvgIpc) is 2.52. The van der Waals surface area contributed by atoms with Crippen LogP contribution in [0.1, 0.15) is 26.3 Å². The Labute approximate surface area is 139 Å². The number of aromatic carboxylic acids is 1. The molecule has 0 radical (unpaired) electrons. The topological polar surface area (TPSA) is 132 Å². The van der Waals surface area contributed by atoms with Crippen molar-refractivity contribution in [3.05, 3.63) is 69.3 Å². The fourth-order valence-electron chi connectivity index (χ4n) is 2.02. The number of nitro groups is 1. The van der Waals surface area contributed by atoms with Gasteiger partial charge >= 0.3 is 5.97 Å². The summed E-state index contributed by atoms with van der Waals surface area (Å²) >= 11 is 0. The van der Waals surface area contributed by atoms with Crippen molar-refractivity contribution in [1.29, 1.82) is 0 Å². The molecular formula is C14H8ClNO7S. The molecule has 2 rings (SSSR count). The molecule has 0 heterocycles. The molecule has 10 heteroatoms. The zero-order valence-corrected chi connectivity index (χ0v) is 13.2. The number of hydrogen-bond acceptors (Lipinski definition) is 6. The molecule has 0 saturated carbocycles. The Morgan fingerprint density at radius 1 is 1.08 bits per heavy atom. The van der Waals surface area contributed by atoms with Gasteiger partial charge in [0, 0.05) is 22.3 Å². The summed E-state index contributed by atoms with van der Waals surface area (Å²) in [5, 5.41) is 20.2. The maximum absolute atomic E-state index is 12.5. The molecule has 0 fully saturated rings. The van der Waals surface area contributed by atoms with E-state index in [1.54, 1.807) is 6.07 Å². The van der Waals surface area contributed by atoms with Gasteiger partial charge in [-0.15, -0.1) is 0 Å². The lowest BCUT2D eigenvalue weighted by atomic mass is 10.00. The van der Waals surface area contributed by atoms with E-state index in [0.29, 0.717) is 12.1 Å². The van der Waals surface area contributed by atoms with Crippen molar-refractivity contribution >= 4 is 37.2 Å². The Kier molecular flexibility index (Phi) is 4.67. The smallest absolute Gasteiger partial charge is 0.335 e. The third-order valence-corrected chi connectivity index (χ3v) is 4.40. The van der Waals surface area contributed by atoms with Crippen LogP contribution in [0.15, 0.2) is 47.4 Å². The molecule has 0 amide bonds. The van der Waals surface area contributed by atoms with E-state index in [9.17, 15) is 28.1 Å². The number of benzene rings is 2. The fraction of sp³-hybridized carbons (Fsp3) is 0. The lowest BCUT2D eigenvalue weighted by Crippen LogP contribution is -2.13. The van der Waals surface area contributed by atoms with Gasteiger partial charge in [0.2, 0.25) is 5.78 Å². The van der Waals surface area contributed by atoms with Gasteiger partial charge in [-0.1, -0.05) is 30.3 Å². The number of carboxylic acids is 1. The molecule has 24 heavy (non-hydrogen) atoms. The van der Waals surface area contributed by atoms with E-state index in [4.69, 9.17) is 15.8 Å². The van der Waals surface area contributed by atoms with Crippen molar-refractivity contribution in [2.75, 3.05) is 0 Å². The second-order valence-electron chi connectivity index (χ2n) is 4.56. The number of nitrogens with zero attached hydrogens (tertiary/aromatic N) is 1. The highest BCUT2D eigenvalue weighted by Gasteiger charge is 2.32. The number of carbonyl (C=O) groups excluding carboxylic acids is 1. The minimum Gasteiger partial charge on any atom is -0.478 e. The summed E-state index contributed by atoms with van der Waals surface area (Å²) in [5.41, 5.74) is -2.43. The molecule has 0 bridgehead atoms. The maximum Gasteiger partial charge on any atom is 0.335 e. The van der Waals surface area contributed by atoms with Crippen LogP contribution in [0, 0.1) is 10.1 Å². The second kappa shape index (κ2) is 6.38. The van der Waals surface area contributed by atoms with Gasteiger partial charge < -0.3 is 5.11 Å². The molecule has 0 aromatic heterocycles. The van der Waals surface area contributed by atoms with Crippen LogP contribution in [0.5, 0.6) is 0 Å². The molecule has 0 spiro atoms. The number of rotatable bonds is 5. The van der Waals surface area contributed by atoms with Crippen molar-refractivity contribution < 1.29 is 28.0 Å².